The van der Waals surface area contributed by atoms with Crippen LogP contribution in [0.5, 0.6) is 0 Å². The average Bonchev–Trinajstić information content (AvgIpc) is 3.38. The van der Waals surface area contributed by atoms with Crippen LogP contribution in [0, 0.1) is 11.3 Å². The van der Waals surface area contributed by atoms with E-state index in [0.29, 0.717) is 34.4 Å². The minimum absolute atomic E-state index is 0.0536. The van der Waals surface area contributed by atoms with Crippen molar-refractivity contribution in [2.24, 2.45) is 0 Å². The van der Waals surface area contributed by atoms with Crippen LogP contribution in [0.4, 0.5) is 28.8 Å². The average molecular weight is 480 g/mol. The van der Waals surface area contributed by atoms with Gasteiger partial charge in [0.25, 0.3) is 5.91 Å². The van der Waals surface area contributed by atoms with Gasteiger partial charge in [-0.25, -0.2) is 9.97 Å². The SMILES string of the molecule is C[C@@H]1C(=O)N(c2cccc(C#N)c2)c2cnc(Nc3cnc4[nH]ncc4c3)nc2N1C1CCCCC1. The quantitative estimate of drug-likeness (QED) is 0.436. The molecule has 2 N–H and O–H groups in total. The molecule has 1 amide bonds. The number of pyridine rings is 1. The Morgan fingerprint density at radius 3 is 2.81 bits per heavy atom. The number of aromatic amines is 1. The maximum atomic E-state index is 13.7. The largest absolute Gasteiger partial charge is 0.340 e. The van der Waals surface area contributed by atoms with Crippen LogP contribution in [0.2, 0.25) is 0 Å². The maximum absolute atomic E-state index is 13.7. The van der Waals surface area contributed by atoms with E-state index in [2.05, 4.69) is 36.5 Å². The van der Waals surface area contributed by atoms with E-state index in [1.54, 1.807) is 41.7 Å². The zero-order chi connectivity index (χ0) is 24.6. The lowest BCUT2D eigenvalue weighted by Gasteiger charge is -2.45. The Kier molecular flexibility index (Phi) is 5.45. The number of hydrogen-bond acceptors (Lipinski definition) is 8. The van der Waals surface area contributed by atoms with Gasteiger partial charge < -0.3 is 10.2 Å². The number of fused-ring (bicyclic) bond motifs is 2. The molecule has 1 aliphatic carbocycles. The van der Waals surface area contributed by atoms with E-state index in [0.717, 1.165) is 36.8 Å². The Labute approximate surface area is 208 Å². The van der Waals surface area contributed by atoms with Gasteiger partial charge in [-0.15, -0.1) is 0 Å². The topological polar surface area (TPSA) is 127 Å². The van der Waals surface area contributed by atoms with Crippen LogP contribution in [0.25, 0.3) is 11.0 Å². The fraction of sp³-hybridized carbons (Fsp3) is 0.308. The Balaban J connectivity index is 1.44. The second-order valence-corrected chi connectivity index (χ2v) is 9.27. The number of aromatic nitrogens is 5. The smallest absolute Gasteiger partial charge is 0.254 e. The number of rotatable bonds is 4. The normalized spacial score (nSPS) is 18.2. The van der Waals surface area contributed by atoms with E-state index in [1.165, 1.54) is 6.42 Å². The summed E-state index contributed by atoms with van der Waals surface area (Å²) in [5, 5.41) is 20.4. The summed E-state index contributed by atoms with van der Waals surface area (Å²) in [6, 6.07) is 11.0. The highest BCUT2D eigenvalue weighted by Gasteiger charge is 2.41. The Morgan fingerprint density at radius 1 is 1.11 bits per heavy atom. The van der Waals surface area contributed by atoms with Crippen molar-refractivity contribution in [2.75, 3.05) is 15.1 Å². The molecule has 10 heteroatoms. The first-order chi connectivity index (χ1) is 17.6. The van der Waals surface area contributed by atoms with Gasteiger partial charge in [-0.3, -0.25) is 14.8 Å². The van der Waals surface area contributed by atoms with Crippen molar-refractivity contribution in [3.8, 4) is 6.07 Å². The Hall–Kier alpha value is -4.52. The molecule has 1 fully saturated rings. The van der Waals surface area contributed by atoms with Crippen LogP contribution in [-0.4, -0.2) is 43.1 Å². The fourth-order valence-corrected chi connectivity index (χ4v) is 5.25. The first kappa shape index (κ1) is 22.0. The zero-order valence-electron chi connectivity index (χ0n) is 19.8. The van der Waals surface area contributed by atoms with Gasteiger partial charge in [0.15, 0.2) is 11.5 Å². The van der Waals surface area contributed by atoms with Crippen molar-refractivity contribution in [3.63, 3.8) is 0 Å². The summed E-state index contributed by atoms with van der Waals surface area (Å²) in [6.45, 7) is 1.94. The van der Waals surface area contributed by atoms with Gasteiger partial charge >= 0.3 is 0 Å². The van der Waals surface area contributed by atoms with Gasteiger partial charge in [-0.05, 0) is 44.0 Å². The molecule has 0 bridgehead atoms. The molecule has 0 radical (unpaired) electrons. The lowest BCUT2D eigenvalue weighted by molar-refractivity contribution is -0.119. The predicted octanol–water partition coefficient (Wildman–Crippen LogP) is 4.57. The number of nitrogens with one attached hydrogen (secondary N) is 2. The number of benzene rings is 1. The lowest BCUT2D eigenvalue weighted by Crippen LogP contribution is -2.55. The number of anilines is 5. The Bertz CT molecular complexity index is 1480. The van der Waals surface area contributed by atoms with Crippen LogP contribution in [0.1, 0.15) is 44.6 Å². The third-order valence-corrected chi connectivity index (χ3v) is 6.98. The summed E-state index contributed by atoms with van der Waals surface area (Å²) in [5.41, 5.74) is 3.19. The van der Waals surface area contributed by atoms with E-state index in [9.17, 15) is 10.1 Å². The van der Waals surface area contributed by atoms with E-state index in [1.807, 2.05) is 19.1 Å². The standard InChI is InChI=1S/C26H25N9O/c1-16-25(36)35(21-9-5-6-17(10-21)12-27)22-15-29-26(31-19-11-18-13-30-33-23(18)28-14-19)32-24(22)34(16)20-7-3-2-4-8-20/h5-6,9-11,13-16,20H,2-4,7-8H2,1H3,(H,28,30,33)(H,29,31,32)/t16-/m1/s1. The van der Waals surface area contributed by atoms with Gasteiger partial charge in [0, 0.05) is 11.4 Å². The first-order valence-electron chi connectivity index (χ1n) is 12.2. The number of H-pyrrole nitrogens is 1. The highest BCUT2D eigenvalue weighted by molar-refractivity contribution is 6.10. The predicted molar refractivity (Wildman–Crippen MR) is 136 cm³/mol. The highest BCUT2D eigenvalue weighted by Crippen LogP contribution is 2.42. The molecule has 36 heavy (non-hydrogen) atoms. The second kappa shape index (κ2) is 8.92. The Morgan fingerprint density at radius 2 is 1.97 bits per heavy atom. The van der Waals surface area contributed by atoms with Crippen LogP contribution >= 0.6 is 0 Å². The van der Waals surface area contributed by atoms with Gasteiger partial charge in [0.2, 0.25) is 5.95 Å². The fourth-order valence-electron chi connectivity index (χ4n) is 5.25. The third kappa shape index (κ3) is 3.79. The molecule has 0 unspecified atom stereocenters. The molecule has 1 atom stereocenters. The number of amides is 1. The summed E-state index contributed by atoms with van der Waals surface area (Å²) in [4.78, 5) is 31.4. The molecule has 10 nitrogen and oxygen atoms in total. The molecule has 1 aromatic carbocycles. The van der Waals surface area contributed by atoms with Gasteiger partial charge in [-0.2, -0.15) is 15.3 Å². The van der Waals surface area contributed by atoms with Crippen molar-refractivity contribution in [1.29, 1.82) is 5.26 Å². The van der Waals surface area contributed by atoms with E-state index in [-0.39, 0.29) is 11.9 Å². The molecule has 4 heterocycles. The van der Waals surface area contributed by atoms with Crippen LogP contribution in [0.15, 0.2) is 48.9 Å². The summed E-state index contributed by atoms with van der Waals surface area (Å²) < 4.78 is 0. The minimum atomic E-state index is -0.405. The highest BCUT2D eigenvalue weighted by atomic mass is 16.2. The van der Waals surface area contributed by atoms with Crippen LogP contribution in [0.3, 0.4) is 0 Å². The molecule has 4 aromatic rings. The second-order valence-electron chi connectivity index (χ2n) is 9.27. The van der Waals surface area contributed by atoms with Crippen molar-refractivity contribution < 1.29 is 4.79 Å². The number of carbonyl (C=O) groups excluding carboxylic acids is 1. The molecule has 180 valence electrons. The number of hydrogen-bond donors (Lipinski definition) is 2. The third-order valence-electron chi connectivity index (χ3n) is 6.98. The van der Waals surface area contributed by atoms with E-state index >= 15 is 0 Å². The van der Waals surface area contributed by atoms with Gasteiger partial charge in [0.1, 0.15) is 11.7 Å². The van der Waals surface area contributed by atoms with E-state index < -0.39 is 6.04 Å². The summed E-state index contributed by atoms with van der Waals surface area (Å²) in [6.07, 6.45) is 10.6. The van der Waals surface area contributed by atoms with Crippen LogP contribution < -0.4 is 15.1 Å². The van der Waals surface area contributed by atoms with Gasteiger partial charge in [0.05, 0.1) is 41.6 Å². The molecule has 3 aromatic heterocycles. The van der Waals surface area contributed by atoms with E-state index in [4.69, 9.17) is 4.98 Å². The molecule has 1 aliphatic heterocycles. The molecular weight excluding hydrogens is 454 g/mol. The number of nitrogens with zero attached hydrogens (tertiary/aromatic N) is 7. The minimum Gasteiger partial charge on any atom is -0.340 e. The van der Waals surface area contributed by atoms with Crippen molar-refractivity contribution >= 4 is 45.8 Å². The van der Waals surface area contributed by atoms with Crippen molar-refractivity contribution in [1.82, 2.24) is 25.1 Å². The molecule has 1 saturated carbocycles. The zero-order valence-corrected chi connectivity index (χ0v) is 19.8. The number of nitriles is 1. The van der Waals surface area contributed by atoms with Gasteiger partial charge in [-0.1, -0.05) is 25.3 Å². The van der Waals surface area contributed by atoms with Crippen molar-refractivity contribution in [2.45, 2.75) is 51.1 Å². The molecular formula is C26H25N9O. The van der Waals surface area contributed by atoms with Crippen LogP contribution in [-0.2, 0) is 4.79 Å². The lowest BCUT2D eigenvalue weighted by atomic mass is 9.92. The monoisotopic (exact) mass is 479 g/mol. The summed E-state index contributed by atoms with van der Waals surface area (Å²) in [7, 11) is 0. The maximum Gasteiger partial charge on any atom is 0.254 e. The summed E-state index contributed by atoms with van der Waals surface area (Å²) >= 11 is 0. The summed E-state index contributed by atoms with van der Waals surface area (Å²) in [5.74, 6) is 1.08. The first-order valence-corrected chi connectivity index (χ1v) is 12.2. The molecule has 0 saturated heterocycles. The molecule has 2 aliphatic rings. The molecule has 6 rings (SSSR count). The molecule has 0 spiro atoms. The number of carbonyl (C=O) groups is 1. The van der Waals surface area contributed by atoms with Crippen molar-refractivity contribution in [3.05, 3.63) is 54.5 Å².